The smallest absolute Gasteiger partial charge is 0.455 e. The number of nitrogens with one attached hydrogen (secondary N) is 2. The molecule has 1 fully saturated rings. The Morgan fingerprint density at radius 2 is 1.83 bits per heavy atom. The number of hydrogen-bond acceptors (Lipinski definition) is 6. The van der Waals surface area contributed by atoms with Gasteiger partial charge in [0.15, 0.2) is 0 Å². The molecule has 42 heavy (non-hydrogen) atoms. The van der Waals surface area contributed by atoms with E-state index in [1.54, 1.807) is 18.2 Å². The summed E-state index contributed by atoms with van der Waals surface area (Å²) < 4.78 is 79.6. The van der Waals surface area contributed by atoms with Crippen LogP contribution in [0.3, 0.4) is 0 Å². The molecule has 0 atom stereocenters. The molecule has 1 amide bonds. The first-order chi connectivity index (χ1) is 19.9. The summed E-state index contributed by atoms with van der Waals surface area (Å²) >= 11 is 0. The normalized spacial score (nSPS) is 15.2. The maximum Gasteiger partial charge on any atom is 0.491 e. The molecule has 0 unspecified atom stereocenters. The number of carbonyl (C=O) groups is 1. The molecule has 8 nitrogen and oxygen atoms in total. The van der Waals surface area contributed by atoms with Crippen LogP contribution in [-0.4, -0.2) is 39.3 Å². The molecule has 0 saturated heterocycles. The summed E-state index contributed by atoms with van der Waals surface area (Å²) in [5.41, 5.74) is 3.18. The number of fused-ring (bicyclic) bond motifs is 2. The first-order valence-electron chi connectivity index (χ1n) is 13.4. The maximum absolute atomic E-state index is 13.2. The second kappa shape index (κ2) is 10.5. The molecule has 3 aromatic carbocycles. The number of furan rings is 1. The molecule has 0 bridgehead atoms. The molecule has 0 spiro atoms. The molecular formula is C29H26BF3N2O6S. The monoisotopic (exact) mass is 598 g/mol. The molecule has 2 heterocycles. The van der Waals surface area contributed by atoms with Gasteiger partial charge in [-0.25, -0.2) is 8.42 Å². The fraction of sp³-hybridized carbons (Fsp3) is 0.276. The summed E-state index contributed by atoms with van der Waals surface area (Å²) in [4.78, 5) is 12.9. The largest absolute Gasteiger partial charge is 0.491 e. The average molecular weight is 598 g/mol. The van der Waals surface area contributed by atoms with E-state index >= 15 is 0 Å². The number of aryl methyl sites for hydroxylation is 1. The molecule has 2 aliphatic rings. The van der Waals surface area contributed by atoms with E-state index in [9.17, 15) is 31.4 Å². The molecule has 3 N–H and O–H groups in total. The fourth-order valence-corrected chi connectivity index (χ4v) is 6.37. The molecule has 1 aliphatic carbocycles. The SMILES string of the molecule is CNC(=O)c1c(-c2ccc(C(F)(F)F)cc2)oc2cc(NS(=O)(=O)CCc3ccc4c(c3)COB4O)c(C3CC3)cc12. The third kappa shape index (κ3) is 5.51. The van der Waals surface area contributed by atoms with E-state index in [0.717, 1.165) is 41.7 Å². The standard InChI is InChI=1S/C29H26BF3N2O6S/c1-34-28(36)26-22-13-21(17-3-4-17)24(14-25(22)41-27(26)18-5-7-20(8-6-18)29(31,32)33)35-42(38,39)11-10-16-2-9-23-19(12-16)15-40-30(23)37/h2,5-9,12-14,17,35,37H,3-4,10-11,15H2,1H3,(H,34,36). The predicted molar refractivity (Wildman–Crippen MR) is 152 cm³/mol. The molecule has 1 saturated carbocycles. The highest BCUT2D eigenvalue weighted by atomic mass is 32.2. The van der Waals surface area contributed by atoms with Crippen LogP contribution >= 0.6 is 0 Å². The summed E-state index contributed by atoms with van der Waals surface area (Å²) in [6.07, 6.45) is -2.58. The number of rotatable bonds is 8. The second-order valence-corrected chi connectivity index (χ2v) is 12.4. The number of carbonyl (C=O) groups excluding carboxylic acids is 1. The Labute approximate surface area is 240 Å². The first kappa shape index (κ1) is 28.3. The summed E-state index contributed by atoms with van der Waals surface area (Å²) in [5.74, 6) is -0.496. The minimum absolute atomic E-state index is 0.0885. The number of alkyl halides is 3. The highest BCUT2D eigenvalue weighted by molar-refractivity contribution is 7.92. The van der Waals surface area contributed by atoms with Gasteiger partial charge in [-0.05, 0) is 65.5 Å². The van der Waals surface area contributed by atoms with Gasteiger partial charge >= 0.3 is 13.3 Å². The van der Waals surface area contributed by atoms with E-state index < -0.39 is 34.8 Å². The Hall–Kier alpha value is -3.81. The van der Waals surface area contributed by atoms with Crippen molar-refractivity contribution in [2.45, 2.75) is 38.0 Å². The number of hydrogen-bond donors (Lipinski definition) is 3. The van der Waals surface area contributed by atoms with Crippen LogP contribution in [0.2, 0.25) is 0 Å². The van der Waals surface area contributed by atoms with Crippen LogP contribution in [-0.2, 0) is 33.9 Å². The first-order valence-corrected chi connectivity index (χ1v) is 15.0. The van der Waals surface area contributed by atoms with Crippen LogP contribution in [0, 0.1) is 0 Å². The number of halogens is 3. The zero-order valence-corrected chi connectivity index (χ0v) is 23.2. The van der Waals surface area contributed by atoms with Crippen LogP contribution in [0.25, 0.3) is 22.3 Å². The Morgan fingerprint density at radius 3 is 2.50 bits per heavy atom. The van der Waals surface area contributed by atoms with Gasteiger partial charge < -0.3 is 19.4 Å². The minimum Gasteiger partial charge on any atom is -0.455 e. The quantitative estimate of drug-likeness (QED) is 0.256. The van der Waals surface area contributed by atoms with E-state index in [-0.39, 0.29) is 47.2 Å². The van der Waals surface area contributed by atoms with E-state index in [2.05, 4.69) is 10.0 Å². The lowest BCUT2D eigenvalue weighted by Crippen LogP contribution is -2.28. The van der Waals surface area contributed by atoms with Crippen molar-refractivity contribution in [1.82, 2.24) is 5.32 Å². The van der Waals surface area contributed by atoms with E-state index in [1.165, 1.54) is 25.2 Å². The van der Waals surface area contributed by atoms with Crippen LogP contribution in [0.15, 0.2) is 59.0 Å². The van der Waals surface area contributed by atoms with Crippen molar-refractivity contribution in [3.63, 3.8) is 0 Å². The summed E-state index contributed by atoms with van der Waals surface area (Å²) in [5, 5.41) is 12.8. The van der Waals surface area contributed by atoms with Crippen LogP contribution in [0.5, 0.6) is 0 Å². The van der Waals surface area contributed by atoms with Crippen LogP contribution < -0.4 is 15.5 Å². The lowest BCUT2D eigenvalue weighted by atomic mass is 9.79. The minimum atomic E-state index is -4.52. The van der Waals surface area contributed by atoms with Crippen molar-refractivity contribution in [3.05, 3.63) is 82.4 Å². The Bertz CT molecular complexity index is 1800. The summed E-state index contributed by atoms with van der Waals surface area (Å²) in [6.45, 7) is 0.260. The van der Waals surface area contributed by atoms with Gasteiger partial charge in [-0.1, -0.05) is 30.3 Å². The zero-order chi connectivity index (χ0) is 29.8. The third-order valence-corrected chi connectivity index (χ3v) is 8.87. The Kier molecular flexibility index (Phi) is 7.07. The fourth-order valence-electron chi connectivity index (χ4n) is 5.25. The Balaban J connectivity index is 1.33. The van der Waals surface area contributed by atoms with Gasteiger partial charge in [-0.2, -0.15) is 13.2 Å². The van der Waals surface area contributed by atoms with Gasteiger partial charge in [0.05, 0.1) is 29.2 Å². The molecule has 1 aromatic heterocycles. The molecule has 13 heteroatoms. The predicted octanol–water partition coefficient (Wildman–Crippen LogP) is 4.56. The third-order valence-electron chi connectivity index (χ3n) is 7.60. The highest BCUT2D eigenvalue weighted by Gasteiger charge is 2.33. The summed E-state index contributed by atoms with van der Waals surface area (Å²) in [6, 6.07) is 12.9. The van der Waals surface area contributed by atoms with Gasteiger partial charge in [-0.15, -0.1) is 0 Å². The molecule has 4 aromatic rings. The van der Waals surface area contributed by atoms with Crippen molar-refractivity contribution in [1.29, 1.82) is 0 Å². The van der Waals surface area contributed by atoms with Crippen molar-refractivity contribution >= 4 is 45.2 Å². The Morgan fingerprint density at radius 1 is 1.10 bits per heavy atom. The van der Waals surface area contributed by atoms with E-state index in [0.29, 0.717) is 16.5 Å². The average Bonchev–Trinajstić information content (AvgIpc) is 3.64. The van der Waals surface area contributed by atoms with Gasteiger partial charge in [-0.3, -0.25) is 9.52 Å². The van der Waals surface area contributed by atoms with Gasteiger partial charge in [0.2, 0.25) is 10.0 Å². The van der Waals surface area contributed by atoms with Crippen molar-refractivity contribution in [2.75, 3.05) is 17.5 Å². The van der Waals surface area contributed by atoms with Gasteiger partial charge in [0.25, 0.3) is 5.91 Å². The number of anilines is 1. The lowest BCUT2D eigenvalue weighted by Gasteiger charge is -2.13. The number of benzene rings is 3. The van der Waals surface area contributed by atoms with E-state index in [4.69, 9.17) is 9.07 Å². The molecular weight excluding hydrogens is 572 g/mol. The van der Waals surface area contributed by atoms with Gasteiger partial charge in [0, 0.05) is 24.1 Å². The van der Waals surface area contributed by atoms with Crippen LogP contribution in [0.1, 0.15) is 51.4 Å². The summed E-state index contributed by atoms with van der Waals surface area (Å²) in [7, 11) is -3.34. The molecule has 218 valence electrons. The molecule has 6 rings (SSSR count). The number of amides is 1. The molecule has 0 radical (unpaired) electrons. The van der Waals surface area contributed by atoms with Gasteiger partial charge in [0.1, 0.15) is 11.3 Å². The number of sulfonamides is 1. The topological polar surface area (TPSA) is 118 Å². The van der Waals surface area contributed by atoms with Crippen molar-refractivity contribution in [3.8, 4) is 11.3 Å². The maximum atomic E-state index is 13.2. The highest BCUT2D eigenvalue weighted by Crippen LogP contribution is 2.47. The van der Waals surface area contributed by atoms with E-state index in [1.807, 2.05) is 6.07 Å². The van der Waals surface area contributed by atoms with Crippen molar-refractivity contribution in [2.24, 2.45) is 0 Å². The lowest BCUT2D eigenvalue weighted by molar-refractivity contribution is -0.137. The molecule has 1 aliphatic heterocycles. The van der Waals surface area contributed by atoms with Crippen LogP contribution in [0.4, 0.5) is 18.9 Å². The van der Waals surface area contributed by atoms with Crippen molar-refractivity contribution < 1.29 is 40.5 Å². The second-order valence-electron chi connectivity index (χ2n) is 10.5. The zero-order valence-electron chi connectivity index (χ0n) is 22.4.